The first-order chi connectivity index (χ1) is 6.63. The van der Waals surface area contributed by atoms with E-state index in [1.165, 1.54) is 12.8 Å². The lowest BCUT2D eigenvalue weighted by molar-refractivity contribution is -0.138. The van der Waals surface area contributed by atoms with E-state index in [0.717, 1.165) is 12.3 Å². The van der Waals surface area contributed by atoms with Crippen molar-refractivity contribution in [1.82, 2.24) is 4.90 Å². The number of hydrogen-bond donors (Lipinski definition) is 1. The molecule has 0 amide bonds. The van der Waals surface area contributed by atoms with Gasteiger partial charge in [0.2, 0.25) is 0 Å². The monoisotopic (exact) mass is 197 g/mol. The van der Waals surface area contributed by atoms with Crippen LogP contribution in [0.4, 0.5) is 0 Å². The number of aliphatic carboxylic acids is 1. The van der Waals surface area contributed by atoms with E-state index in [1.807, 2.05) is 4.90 Å². The van der Waals surface area contributed by atoms with Crippen molar-refractivity contribution >= 4 is 5.97 Å². The number of carboxylic acids is 1. The van der Waals surface area contributed by atoms with Crippen LogP contribution in [0.1, 0.15) is 26.2 Å². The second-order valence-corrected chi connectivity index (χ2v) is 4.14. The molecule has 1 N–H and O–H groups in total. The Morgan fingerprint density at radius 3 is 2.79 bits per heavy atom. The molecule has 0 aromatic rings. The van der Waals surface area contributed by atoms with Gasteiger partial charge < -0.3 is 5.11 Å². The Kier molecular flexibility index (Phi) is 4.14. The van der Waals surface area contributed by atoms with E-state index >= 15 is 0 Å². The summed E-state index contributed by atoms with van der Waals surface area (Å²) in [5.41, 5.74) is 0. The average molecular weight is 197 g/mol. The third-order valence-electron chi connectivity index (χ3n) is 2.70. The van der Waals surface area contributed by atoms with E-state index in [2.05, 4.69) is 13.5 Å². The van der Waals surface area contributed by atoms with E-state index in [1.54, 1.807) is 6.08 Å². The fraction of sp³-hybridized carbons (Fsp3) is 0.727. The number of carbonyl (C=O) groups is 1. The molecule has 0 radical (unpaired) electrons. The maximum Gasteiger partial charge on any atom is 0.317 e. The first kappa shape index (κ1) is 11.2. The zero-order chi connectivity index (χ0) is 10.6. The van der Waals surface area contributed by atoms with E-state index in [0.29, 0.717) is 12.6 Å². The highest BCUT2D eigenvalue weighted by atomic mass is 16.4. The molecule has 0 aliphatic heterocycles. The van der Waals surface area contributed by atoms with Gasteiger partial charge in [0, 0.05) is 12.6 Å². The quantitative estimate of drug-likeness (QED) is 0.632. The fourth-order valence-electron chi connectivity index (χ4n) is 1.72. The third-order valence-corrected chi connectivity index (χ3v) is 2.70. The topological polar surface area (TPSA) is 40.5 Å². The van der Waals surface area contributed by atoms with Crippen LogP contribution in [-0.2, 0) is 4.79 Å². The molecule has 0 heterocycles. The number of hydrogen-bond acceptors (Lipinski definition) is 2. The van der Waals surface area contributed by atoms with Gasteiger partial charge in [0.05, 0.1) is 6.54 Å². The summed E-state index contributed by atoms with van der Waals surface area (Å²) in [6.45, 7) is 6.54. The molecule has 0 bridgehead atoms. The first-order valence-corrected chi connectivity index (χ1v) is 5.20. The van der Waals surface area contributed by atoms with Crippen LogP contribution in [0.25, 0.3) is 0 Å². The molecule has 1 atom stereocenters. The van der Waals surface area contributed by atoms with E-state index in [-0.39, 0.29) is 6.54 Å². The normalized spacial score (nSPS) is 18.1. The van der Waals surface area contributed by atoms with Gasteiger partial charge in [-0.25, -0.2) is 0 Å². The summed E-state index contributed by atoms with van der Waals surface area (Å²) >= 11 is 0. The van der Waals surface area contributed by atoms with Gasteiger partial charge in [-0.1, -0.05) is 18.9 Å². The third kappa shape index (κ3) is 3.92. The Labute approximate surface area is 85.4 Å². The van der Waals surface area contributed by atoms with Crippen LogP contribution in [0, 0.1) is 5.92 Å². The molecular formula is C11H19NO2. The second kappa shape index (κ2) is 5.15. The molecule has 0 aromatic carbocycles. The van der Waals surface area contributed by atoms with Gasteiger partial charge in [-0.2, -0.15) is 0 Å². The molecule has 0 spiro atoms. The Bertz CT molecular complexity index is 211. The van der Waals surface area contributed by atoms with Crippen molar-refractivity contribution in [3.63, 3.8) is 0 Å². The second-order valence-electron chi connectivity index (χ2n) is 4.14. The highest BCUT2D eigenvalue weighted by Crippen LogP contribution is 2.34. The summed E-state index contributed by atoms with van der Waals surface area (Å²) in [5, 5.41) is 8.73. The van der Waals surface area contributed by atoms with Crippen molar-refractivity contribution in [3.8, 4) is 0 Å². The van der Waals surface area contributed by atoms with Crippen molar-refractivity contribution in [2.24, 2.45) is 5.92 Å². The average Bonchev–Trinajstić information content (AvgIpc) is 2.86. The highest BCUT2D eigenvalue weighted by Gasteiger charge is 2.26. The summed E-state index contributed by atoms with van der Waals surface area (Å²) in [5.74, 6) is 0.0839. The van der Waals surface area contributed by atoms with Gasteiger partial charge in [0.25, 0.3) is 0 Å². The molecule has 1 fully saturated rings. The molecular weight excluding hydrogens is 178 g/mol. The van der Waals surface area contributed by atoms with E-state index < -0.39 is 5.97 Å². The largest absolute Gasteiger partial charge is 0.480 e. The smallest absolute Gasteiger partial charge is 0.317 e. The minimum absolute atomic E-state index is 0.125. The minimum atomic E-state index is -0.755. The Hall–Kier alpha value is -0.830. The van der Waals surface area contributed by atoms with Crippen molar-refractivity contribution in [1.29, 1.82) is 0 Å². The zero-order valence-corrected chi connectivity index (χ0v) is 8.78. The summed E-state index contributed by atoms with van der Waals surface area (Å²) in [6.07, 6.45) is 5.53. The maximum atomic E-state index is 10.6. The van der Waals surface area contributed by atoms with Crippen LogP contribution in [0.2, 0.25) is 0 Å². The molecule has 1 rings (SSSR count). The summed E-state index contributed by atoms with van der Waals surface area (Å²) < 4.78 is 0. The van der Waals surface area contributed by atoms with Crippen molar-refractivity contribution in [2.75, 3.05) is 13.1 Å². The van der Waals surface area contributed by atoms with Crippen LogP contribution in [0.15, 0.2) is 12.7 Å². The van der Waals surface area contributed by atoms with Gasteiger partial charge in [-0.05, 0) is 19.3 Å². The summed E-state index contributed by atoms with van der Waals surface area (Å²) in [6, 6.07) is 0.358. The van der Waals surface area contributed by atoms with Crippen LogP contribution >= 0.6 is 0 Å². The van der Waals surface area contributed by atoms with Gasteiger partial charge in [0.15, 0.2) is 0 Å². The van der Waals surface area contributed by atoms with Gasteiger partial charge in [0.1, 0.15) is 0 Å². The molecule has 80 valence electrons. The summed E-state index contributed by atoms with van der Waals surface area (Å²) in [4.78, 5) is 12.6. The lowest BCUT2D eigenvalue weighted by Gasteiger charge is -2.26. The Morgan fingerprint density at radius 2 is 2.36 bits per heavy atom. The van der Waals surface area contributed by atoms with Crippen molar-refractivity contribution < 1.29 is 9.90 Å². The molecule has 14 heavy (non-hydrogen) atoms. The number of rotatable bonds is 7. The lowest BCUT2D eigenvalue weighted by atomic mass is 10.1. The lowest BCUT2D eigenvalue weighted by Crippen LogP contribution is -2.37. The highest BCUT2D eigenvalue weighted by molar-refractivity contribution is 5.69. The predicted octanol–water partition coefficient (Wildman–Crippen LogP) is 1.75. The fourth-order valence-corrected chi connectivity index (χ4v) is 1.72. The first-order valence-electron chi connectivity index (χ1n) is 5.20. The SMILES string of the molecule is C=CCN(CC(=O)O)C(C)CC1CC1. The van der Waals surface area contributed by atoms with Crippen molar-refractivity contribution in [3.05, 3.63) is 12.7 Å². The molecule has 0 saturated heterocycles. The minimum Gasteiger partial charge on any atom is -0.480 e. The summed E-state index contributed by atoms with van der Waals surface area (Å²) in [7, 11) is 0. The number of nitrogens with zero attached hydrogens (tertiary/aromatic N) is 1. The molecule has 1 unspecified atom stereocenters. The molecule has 1 saturated carbocycles. The molecule has 1 aliphatic carbocycles. The van der Waals surface area contributed by atoms with Gasteiger partial charge in [-0.3, -0.25) is 9.69 Å². The molecule has 3 nitrogen and oxygen atoms in total. The molecule has 1 aliphatic rings. The zero-order valence-electron chi connectivity index (χ0n) is 8.78. The van der Waals surface area contributed by atoms with Crippen LogP contribution in [-0.4, -0.2) is 35.1 Å². The standard InChI is InChI=1S/C11H19NO2/c1-3-6-12(8-11(13)14)9(2)7-10-4-5-10/h3,9-10H,1,4-8H2,2H3,(H,13,14). The van der Waals surface area contributed by atoms with Gasteiger partial charge in [-0.15, -0.1) is 6.58 Å². The Morgan fingerprint density at radius 1 is 1.71 bits per heavy atom. The number of carboxylic acid groups (broad SMARTS) is 1. The maximum absolute atomic E-state index is 10.6. The van der Waals surface area contributed by atoms with Crippen LogP contribution in [0.5, 0.6) is 0 Å². The van der Waals surface area contributed by atoms with Crippen LogP contribution < -0.4 is 0 Å². The predicted molar refractivity (Wildman–Crippen MR) is 56.2 cm³/mol. The molecule has 3 heteroatoms. The van der Waals surface area contributed by atoms with Crippen molar-refractivity contribution in [2.45, 2.75) is 32.2 Å². The van der Waals surface area contributed by atoms with Gasteiger partial charge >= 0.3 is 5.97 Å². The molecule has 0 aromatic heterocycles. The van der Waals surface area contributed by atoms with E-state index in [9.17, 15) is 4.79 Å². The van der Waals surface area contributed by atoms with E-state index in [4.69, 9.17) is 5.11 Å². The van der Waals surface area contributed by atoms with Crippen LogP contribution in [0.3, 0.4) is 0 Å². The Balaban J connectivity index is 2.36.